The van der Waals surface area contributed by atoms with Crippen LogP contribution in [0.4, 0.5) is 0 Å². The van der Waals surface area contributed by atoms with Crippen molar-refractivity contribution in [2.45, 2.75) is 45.7 Å². The zero-order chi connectivity index (χ0) is 18.2. The van der Waals surface area contributed by atoms with E-state index >= 15 is 0 Å². The van der Waals surface area contributed by atoms with Gasteiger partial charge in [0, 0.05) is 11.8 Å². The van der Waals surface area contributed by atoms with E-state index in [1.54, 1.807) is 20.0 Å². The standard InChI is InChI=1S/C19H23BN2O3/c1-18(2,23)19(3,4)25-20(5)14-9-6-8-13(12-14)17-22-16-15(24-17)10-7-11-21-16/h6-12,23H,1-5H3. The Hall–Kier alpha value is -2.18. The van der Waals surface area contributed by atoms with Gasteiger partial charge < -0.3 is 14.2 Å². The van der Waals surface area contributed by atoms with Crippen molar-refractivity contribution >= 4 is 23.6 Å². The van der Waals surface area contributed by atoms with Crippen LogP contribution in [0.2, 0.25) is 6.82 Å². The minimum atomic E-state index is -0.954. The van der Waals surface area contributed by atoms with Crippen LogP contribution in [0.5, 0.6) is 0 Å². The molecule has 0 spiro atoms. The molecule has 1 aromatic carbocycles. The highest BCUT2D eigenvalue weighted by Crippen LogP contribution is 2.26. The Kier molecular flexibility index (Phi) is 4.43. The molecule has 0 aliphatic rings. The lowest BCUT2D eigenvalue weighted by Crippen LogP contribution is -2.52. The van der Waals surface area contributed by atoms with E-state index < -0.39 is 11.2 Å². The number of aliphatic hydroxyl groups is 1. The smallest absolute Gasteiger partial charge is 0.324 e. The molecule has 2 heterocycles. The molecular weight excluding hydrogens is 315 g/mol. The lowest BCUT2D eigenvalue weighted by molar-refractivity contribution is -0.0918. The van der Waals surface area contributed by atoms with Gasteiger partial charge in [-0.1, -0.05) is 25.0 Å². The molecule has 0 saturated heterocycles. The molecule has 0 atom stereocenters. The molecule has 0 aliphatic heterocycles. The zero-order valence-electron chi connectivity index (χ0n) is 15.3. The number of hydrogen-bond donors (Lipinski definition) is 1. The molecule has 0 saturated carbocycles. The lowest BCUT2D eigenvalue weighted by atomic mass is 9.62. The topological polar surface area (TPSA) is 68.4 Å². The first kappa shape index (κ1) is 17.6. The Morgan fingerprint density at radius 3 is 2.56 bits per heavy atom. The number of pyridine rings is 1. The van der Waals surface area contributed by atoms with Crippen molar-refractivity contribution in [1.29, 1.82) is 0 Å². The van der Waals surface area contributed by atoms with Gasteiger partial charge in [-0.15, -0.1) is 0 Å². The maximum atomic E-state index is 10.3. The minimum Gasteiger partial charge on any atom is -0.434 e. The molecule has 6 heteroatoms. The summed E-state index contributed by atoms with van der Waals surface area (Å²) in [5.74, 6) is 0.532. The van der Waals surface area contributed by atoms with E-state index in [0.717, 1.165) is 11.0 Å². The quantitative estimate of drug-likeness (QED) is 0.723. The van der Waals surface area contributed by atoms with Crippen LogP contribution in [0, 0.1) is 0 Å². The second-order valence-electron chi connectivity index (χ2n) is 7.30. The zero-order valence-corrected chi connectivity index (χ0v) is 15.3. The molecule has 130 valence electrons. The Morgan fingerprint density at radius 2 is 1.88 bits per heavy atom. The van der Waals surface area contributed by atoms with Gasteiger partial charge in [-0.05, 0) is 51.4 Å². The van der Waals surface area contributed by atoms with Crippen LogP contribution in [-0.4, -0.2) is 33.2 Å². The summed E-state index contributed by atoms with van der Waals surface area (Å²) in [7, 11) is 0. The highest BCUT2D eigenvalue weighted by Gasteiger charge is 2.38. The lowest BCUT2D eigenvalue weighted by Gasteiger charge is -2.39. The Labute approximate surface area is 148 Å². The maximum Gasteiger partial charge on any atom is 0.324 e. The molecule has 2 aromatic heterocycles. The number of oxazole rings is 1. The van der Waals surface area contributed by atoms with Gasteiger partial charge >= 0.3 is 6.92 Å². The van der Waals surface area contributed by atoms with Crippen LogP contribution in [0.1, 0.15) is 27.7 Å². The summed E-state index contributed by atoms with van der Waals surface area (Å²) in [4.78, 5) is 8.64. The van der Waals surface area contributed by atoms with E-state index in [1.165, 1.54) is 0 Å². The van der Waals surface area contributed by atoms with E-state index in [2.05, 4.69) is 9.97 Å². The molecule has 0 radical (unpaired) electrons. The Balaban J connectivity index is 1.88. The SMILES string of the molecule is CB(OC(C)(C)C(C)(C)O)c1cccc(-c2nc3ncccc3o2)c1. The van der Waals surface area contributed by atoms with E-state index in [0.29, 0.717) is 17.1 Å². The minimum absolute atomic E-state index is 0.191. The van der Waals surface area contributed by atoms with E-state index in [9.17, 15) is 5.11 Å². The van der Waals surface area contributed by atoms with Crippen molar-refractivity contribution in [1.82, 2.24) is 9.97 Å². The fourth-order valence-electron chi connectivity index (χ4n) is 2.47. The fraction of sp³-hybridized carbons (Fsp3) is 0.368. The predicted octanol–water partition coefficient (Wildman–Crippen LogP) is 3.28. The largest absolute Gasteiger partial charge is 0.434 e. The molecule has 5 nitrogen and oxygen atoms in total. The van der Waals surface area contributed by atoms with E-state index in [-0.39, 0.29) is 6.92 Å². The maximum absolute atomic E-state index is 10.3. The number of hydrogen-bond acceptors (Lipinski definition) is 5. The molecule has 25 heavy (non-hydrogen) atoms. The molecule has 0 aliphatic carbocycles. The van der Waals surface area contributed by atoms with Crippen LogP contribution in [0.25, 0.3) is 22.7 Å². The second kappa shape index (κ2) is 6.28. The fourth-order valence-corrected chi connectivity index (χ4v) is 2.47. The third kappa shape index (κ3) is 3.60. The summed E-state index contributed by atoms with van der Waals surface area (Å²) in [5.41, 5.74) is 1.47. The van der Waals surface area contributed by atoms with Crippen LogP contribution in [0.3, 0.4) is 0 Å². The second-order valence-corrected chi connectivity index (χ2v) is 7.30. The van der Waals surface area contributed by atoms with Gasteiger partial charge in [0.05, 0.1) is 11.2 Å². The molecule has 3 aromatic rings. The molecule has 0 unspecified atom stereocenters. The van der Waals surface area contributed by atoms with Crippen LogP contribution < -0.4 is 5.46 Å². The van der Waals surface area contributed by atoms with Gasteiger partial charge in [-0.3, -0.25) is 0 Å². The average molecular weight is 338 g/mol. The normalized spacial score (nSPS) is 12.6. The van der Waals surface area contributed by atoms with E-state index in [1.807, 2.05) is 57.1 Å². The first-order valence-electron chi connectivity index (χ1n) is 8.39. The number of benzene rings is 1. The summed E-state index contributed by atoms with van der Waals surface area (Å²) in [6.45, 7) is 9.06. The summed E-state index contributed by atoms with van der Waals surface area (Å²) in [6.07, 6.45) is 1.69. The van der Waals surface area contributed by atoms with Gasteiger partial charge in [0.1, 0.15) is 0 Å². The van der Waals surface area contributed by atoms with Gasteiger partial charge in [0.2, 0.25) is 5.89 Å². The van der Waals surface area contributed by atoms with Crippen LogP contribution >= 0.6 is 0 Å². The van der Waals surface area contributed by atoms with Gasteiger partial charge in [0.25, 0.3) is 0 Å². The number of fused-ring (bicyclic) bond motifs is 1. The first-order chi connectivity index (χ1) is 11.7. The van der Waals surface area contributed by atoms with Gasteiger partial charge in [-0.25, -0.2) is 4.98 Å². The molecule has 1 N–H and O–H groups in total. The molecular formula is C19H23BN2O3. The third-order valence-electron chi connectivity index (χ3n) is 4.71. The van der Waals surface area contributed by atoms with Crippen LogP contribution in [0.15, 0.2) is 47.0 Å². The van der Waals surface area contributed by atoms with Crippen LogP contribution in [-0.2, 0) is 4.65 Å². The number of nitrogens with zero attached hydrogens (tertiary/aromatic N) is 2. The molecule has 0 fully saturated rings. The van der Waals surface area contributed by atoms with Gasteiger partial charge in [-0.2, -0.15) is 4.98 Å². The highest BCUT2D eigenvalue weighted by atomic mass is 16.5. The molecule has 3 rings (SSSR count). The summed E-state index contributed by atoms with van der Waals surface area (Å²) >= 11 is 0. The number of rotatable bonds is 5. The summed E-state index contributed by atoms with van der Waals surface area (Å²) in [5, 5.41) is 10.3. The van der Waals surface area contributed by atoms with Crippen molar-refractivity contribution in [3.05, 3.63) is 42.6 Å². The predicted molar refractivity (Wildman–Crippen MR) is 100.0 cm³/mol. The van der Waals surface area contributed by atoms with E-state index in [4.69, 9.17) is 9.07 Å². The van der Waals surface area contributed by atoms with Crippen molar-refractivity contribution < 1.29 is 14.2 Å². The Bertz CT molecular complexity index is 851. The molecule has 0 amide bonds. The van der Waals surface area contributed by atoms with Crippen molar-refractivity contribution in [3.63, 3.8) is 0 Å². The monoisotopic (exact) mass is 338 g/mol. The molecule has 0 bridgehead atoms. The first-order valence-corrected chi connectivity index (χ1v) is 8.39. The average Bonchev–Trinajstić information content (AvgIpc) is 2.97. The third-order valence-corrected chi connectivity index (χ3v) is 4.71. The highest BCUT2D eigenvalue weighted by molar-refractivity contribution is 6.66. The number of aromatic nitrogens is 2. The van der Waals surface area contributed by atoms with Crippen molar-refractivity contribution in [2.75, 3.05) is 0 Å². The summed E-state index contributed by atoms with van der Waals surface area (Å²) < 4.78 is 11.9. The van der Waals surface area contributed by atoms with Crippen molar-refractivity contribution in [2.24, 2.45) is 0 Å². The summed E-state index contributed by atoms with van der Waals surface area (Å²) in [6, 6.07) is 11.6. The van der Waals surface area contributed by atoms with Gasteiger partial charge in [0.15, 0.2) is 11.2 Å². The Morgan fingerprint density at radius 1 is 1.12 bits per heavy atom. The van der Waals surface area contributed by atoms with Crippen molar-refractivity contribution in [3.8, 4) is 11.5 Å².